The van der Waals surface area contributed by atoms with E-state index >= 15 is 0 Å². The van der Waals surface area contributed by atoms with Gasteiger partial charge in [-0.3, -0.25) is 0 Å². The summed E-state index contributed by atoms with van der Waals surface area (Å²) in [5.74, 6) is 0. The maximum atomic E-state index is 3.34. The molecule has 0 radical (unpaired) electrons. The fourth-order valence-electron chi connectivity index (χ4n) is 9.32. The van der Waals surface area contributed by atoms with Crippen molar-refractivity contribution in [2.24, 2.45) is 0 Å². The molecule has 0 aromatic heterocycles. The van der Waals surface area contributed by atoms with E-state index in [0.29, 0.717) is 0 Å². The number of rotatable bonds is 0. The fourth-order valence-corrected chi connectivity index (χ4v) is 9.32. The molecule has 0 N–H and O–H groups in total. The zero-order valence-electron chi connectivity index (χ0n) is 50.7. The first-order valence-corrected chi connectivity index (χ1v) is 29.8. The SMILES string of the molecule is CC(C)(C)c1ccc2c(C(C)(C)C)c[cH-]c2c1.CC(C)(C)c1ccc2c(C(C)(C)C)c[cH-]c2c1.CC(C)(C)c1ccc2c(C(C)(C)C)c[cH-]c2c1.CC(C)(C)c1ccc2c(C(C)(C)C)c[cH-]c2c1.[CH2]=[Zr+2].[CH2]=[Zr+2].[Cl-].[Cl-]. The van der Waals surface area contributed by atoms with Crippen molar-refractivity contribution in [3.05, 3.63) is 166 Å². The summed E-state index contributed by atoms with van der Waals surface area (Å²) < 4.78 is 6.68. The molecule has 0 amide bonds. The summed E-state index contributed by atoms with van der Waals surface area (Å²) in [5, 5.41) is 11.1. The van der Waals surface area contributed by atoms with Gasteiger partial charge in [0.1, 0.15) is 0 Å². The summed E-state index contributed by atoms with van der Waals surface area (Å²) in [6, 6.07) is 45.7. The predicted octanol–water partition coefficient (Wildman–Crippen LogP) is 14.6. The molecule has 0 heterocycles. The van der Waals surface area contributed by atoms with Crippen molar-refractivity contribution in [1.82, 2.24) is 0 Å². The Morgan fingerprint density at radius 2 is 0.405 bits per heavy atom. The Labute approximate surface area is 495 Å². The Bertz CT molecular complexity index is 2580. The van der Waals surface area contributed by atoms with Crippen LogP contribution >= 0.6 is 0 Å². The average molecular weight is 1190 g/mol. The van der Waals surface area contributed by atoms with E-state index in [1.165, 1.54) is 136 Å². The minimum Gasteiger partial charge on any atom is -1.00 e. The average Bonchev–Trinajstić information content (AvgIpc) is 4.07. The van der Waals surface area contributed by atoms with Crippen molar-refractivity contribution < 1.29 is 73.3 Å². The molecule has 0 unspecified atom stereocenters. The molecule has 0 fully saturated rings. The van der Waals surface area contributed by atoms with Gasteiger partial charge in [-0.05, 0) is 21.7 Å². The summed E-state index contributed by atoms with van der Waals surface area (Å²) in [6.45, 7) is 54.5. The third-order valence-corrected chi connectivity index (χ3v) is 13.8. The summed E-state index contributed by atoms with van der Waals surface area (Å²) in [6.07, 6.45) is 0. The van der Waals surface area contributed by atoms with E-state index in [2.05, 4.69) is 296 Å². The van der Waals surface area contributed by atoms with Gasteiger partial charge < -0.3 is 24.8 Å². The second-order valence-corrected chi connectivity index (χ2v) is 28.2. The van der Waals surface area contributed by atoms with Crippen LogP contribution in [0.4, 0.5) is 0 Å². The Kier molecular flexibility index (Phi) is 24.7. The molecule has 4 heteroatoms. The van der Waals surface area contributed by atoms with Crippen LogP contribution in [0.1, 0.15) is 211 Å². The topological polar surface area (TPSA) is 0 Å². The first kappa shape index (κ1) is 69.4. The molecule has 8 aromatic carbocycles. The largest absolute Gasteiger partial charge is 1.00 e. The molecule has 0 nitrogen and oxygen atoms in total. The molecule has 0 saturated heterocycles. The number of halogens is 2. The van der Waals surface area contributed by atoms with Crippen LogP contribution in [0.15, 0.2) is 121 Å². The van der Waals surface area contributed by atoms with Gasteiger partial charge in [0.05, 0.1) is 0 Å². The Morgan fingerprint density at radius 1 is 0.257 bits per heavy atom. The number of benzene rings is 4. The molecule has 8 rings (SSSR count). The van der Waals surface area contributed by atoms with Crippen LogP contribution < -0.4 is 24.8 Å². The van der Waals surface area contributed by atoms with Crippen LogP contribution in [-0.2, 0) is 91.8 Å². The second kappa shape index (κ2) is 26.4. The van der Waals surface area contributed by atoms with E-state index in [1.54, 1.807) is 0 Å². The Balaban J connectivity index is 0.000000478. The van der Waals surface area contributed by atoms with Crippen molar-refractivity contribution in [2.75, 3.05) is 0 Å². The summed E-state index contributed by atoms with van der Waals surface area (Å²) in [5.41, 5.74) is 13.3. The van der Waals surface area contributed by atoms with Crippen LogP contribution in [0.3, 0.4) is 0 Å². The number of fused-ring (bicyclic) bond motifs is 4. The van der Waals surface area contributed by atoms with E-state index in [4.69, 9.17) is 0 Å². The van der Waals surface area contributed by atoms with Crippen LogP contribution in [0.5, 0.6) is 0 Å². The standard InChI is InChI=1S/4C17H23.2CH2.2ClH.2Zr/c4*1-16(2,3)13-8-9-14-12(11-13)7-10-15(14)17(4,5)6;;;;;;/h4*7-11H,1-6H3;2*1H2;2*1H;;/q4*-1;;;;;2*+2/p-2. The summed E-state index contributed by atoms with van der Waals surface area (Å²) in [4.78, 5) is 0. The van der Waals surface area contributed by atoms with E-state index in [1.807, 2.05) is 0 Å². The smallest absolute Gasteiger partial charge is 1.00 e. The van der Waals surface area contributed by atoms with E-state index in [-0.39, 0.29) is 68.1 Å². The molecule has 0 bridgehead atoms. The number of hydrogen-bond donors (Lipinski definition) is 0. The minimum absolute atomic E-state index is 0. The molecule has 8 aromatic rings. The normalized spacial score (nSPS) is 12.4. The van der Waals surface area contributed by atoms with Gasteiger partial charge in [0.25, 0.3) is 0 Å². The van der Waals surface area contributed by atoms with E-state index in [9.17, 15) is 0 Å². The molecule has 74 heavy (non-hydrogen) atoms. The molecule has 0 spiro atoms. The van der Waals surface area contributed by atoms with Gasteiger partial charge in [-0.25, -0.2) is 0 Å². The van der Waals surface area contributed by atoms with Crippen molar-refractivity contribution in [3.8, 4) is 0 Å². The van der Waals surface area contributed by atoms with E-state index < -0.39 is 0 Å². The Hall–Kier alpha value is -2.59. The predicted molar refractivity (Wildman–Crippen MR) is 322 cm³/mol. The van der Waals surface area contributed by atoms with Gasteiger partial charge in [-0.2, -0.15) is 0 Å². The molecule has 0 atom stereocenters. The Morgan fingerprint density at radius 3 is 0.527 bits per heavy atom. The summed E-state index contributed by atoms with van der Waals surface area (Å²) >= 11 is 2.60. The van der Waals surface area contributed by atoms with Gasteiger partial charge in [0.2, 0.25) is 0 Å². The molecule has 0 aliphatic heterocycles. The zero-order chi connectivity index (χ0) is 55.4. The molecule has 0 saturated carbocycles. The molecule has 0 aliphatic carbocycles. The van der Waals surface area contributed by atoms with Crippen LogP contribution in [0.2, 0.25) is 0 Å². The van der Waals surface area contributed by atoms with Crippen molar-refractivity contribution in [3.63, 3.8) is 0 Å². The van der Waals surface area contributed by atoms with Gasteiger partial charge in [-0.15, -0.1) is 162 Å². The zero-order valence-corrected chi connectivity index (χ0v) is 57.1. The first-order chi connectivity index (χ1) is 32.8. The van der Waals surface area contributed by atoms with E-state index in [0.717, 1.165) is 0 Å². The monoisotopic (exact) mass is 1190 g/mol. The van der Waals surface area contributed by atoms with Crippen LogP contribution in [-0.4, -0.2) is 8.42 Å². The van der Waals surface area contributed by atoms with Gasteiger partial charge in [0, 0.05) is 0 Å². The number of hydrogen-bond acceptors (Lipinski definition) is 0. The van der Waals surface area contributed by atoms with Gasteiger partial charge >= 0.3 is 56.9 Å². The third-order valence-electron chi connectivity index (χ3n) is 13.8. The van der Waals surface area contributed by atoms with Crippen molar-refractivity contribution in [1.29, 1.82) is 0 Å². The van der Waals surface area contributed by atoms with Crippen molar-refractivity contribution in [2.45, 2.75) is 209 Å². The second-order valence-electron chi connectivity index (χ2n) is 28.2. The van der Waals surface area contributed by atoms with Crippen molar-refractivity contribution >= 4 is 51.5 Å². The third kappa shape index (κ3) is 18.2. The fraction of sp³-hybridized carbons (Fsp3) is 0.457. The molecule has 0 aliphatic rings. The van der Waals surface area contributed by atoms with Crippen LogP contribution in [0.25, 0.3) is 43.1 Å². The minimum atomic E-state index is 0. The molecular formula is C70H96Cl2Zr2-2. The molecule has 400 valence electrons. The van der Waals surface area contributed by atoms with Gasteiger partial charge in [0.15, 0.2) is 0 Å². The van der Waals surface area contributed by atoms with Crippen LogP contribution in [0, 0.1) is 0 Å². The molecular weight excluding hydrogens is 1090 g/mol. The maximum Gasteiger partial charge on any atom is -1.00 e. The first-order valence-electron chi connectivity index (χ1n) is 26.3. The van der Waals surface area contributed by atoms with Gasteiger partial charge in [-0.1, -0.05) is 234 Å². The summed E-state index contributed by atoms with van der Waals surface area (Å²) in [7, 11) is 0. The maximum absolute atomic E-state index is 3.34. The quantitative estimate of drug-likeness (QED) is 0.133.